The number of carbonyl (C=O) groups excluding carboxylic acids is 1. The fourth-order valence-corrected chi connectivity index (χ4v) is 1.73. The van der Waals surface area contributed by atoms with Gasteiger partial charge in [0.15, 0.2) is 10.9 Å². The number of hydrogen-bond donors (Lipinski definition) is 0. The molecule has 0 unspecified atom stereocenters. The van der Waals surface area contributed by atoms with Gasteiger partial charge in [-0.2, -0.15) is 5.10 Å². The van der Waals surface area contributed by atoms with E-state index >= 15 is 0 Å². The molecule has 0 saturated carbocycles. The first-order valence-corrected chi connectivity index (χ1v) is 5.29. The van der Waals surface area contributed by atoms with Gasteiger partial charge in [-0.05, 0) is 6.92 Å². The van der Waals surface area contributed by atoms with Crippen LogP contribution in [0.25, 0.3) is 5.52 Å². The van der Waals surface area contributed by atoms with Gasteiger partial charge in [0.25, 0.3) is 0 Å². The van der Waals surface area contributed by atoms with E-state index in [2.05, 4.69) is 10.1 Å². The molecule has 0 saturated heterocycles. The zero-order valence-electron chi connectivity index (χ0n) is 9.31. The maximum absolute atomic E-state index is 11.7. The maximum Gasteiger partial charge on any atom is 0.343 e. The number of esters is 1. The number of carbonyl (C=O) groups is 1. The number of halogens is 1. The summed E-state index contributed by atoms with van der Waals surface area (Å²) >= 11 is 5.93. The van der Waals surface area contributed by atoms with Crippen LogP contribution in [0, 0.1) is 0 Å². The van der Waals surface area contributed by atoms with E-state index in [4.69, 9.17) is 21.1 Å². The van der Waals surface area contributed by atoms with E-state index in [9.17, 15) is 4.79 Å². The van der Waals surface area contributed by atoms with Crippen molar-refractivity contribution in [2.75, 3.05) is 13.7 Å². The SMILES string of the molecule is CCOC(=O)c1cn2ncnc(Cl)c2c1OC. The van der Waals surface area contributed by atoms with Gasteiger partial charge in [-0.1, -0.05) is 11.6 Å². The van der Waals surface area contributed by atoms with Crippen molar-refractivity contribution in [3.63, 3.8) is 0 Å². The quantitative estimate of drug-likeness (QED) is 0.779. The van der Waals surface area contributed by atoms with E-state index in [1.807, 2.05) is 0 Å². The Bertz CT molecular complexity index is 567. The molecule has 2 aromatic rings. The average Bonchev–Trinajstić information content (AvgIpc) is 2.69. The smallest absolute Gasteiger partial charge is 0.343 e. The zero-order valence-corrected chi connectivity index (χ0v) is 10.1. The highest BCUT2D eigenvalue weighted by molar-refractivity contribution is 6.33. The van der Waals surface area contributed by atoms with Gasteiger partial charge in [-0.15, -0.1) is 0 Å². The molecule has 17 heavy (non-hydrogen) atoms. The van der Waals surface area contributed by atoms with E-state index < -0.39 is 5.97 Å². The predicted octanol–water partition coefficient (Wildman–Crippen LogP) is 1.57. The molecule has 0 aliphatic rings. The van der Waals surface area contributed by atoms with Crippen LogP contribution in [0.15, 0.2) is 12.5 Å². The molecular weight excluding hydrogens is 246 g/mol. The second-order valence-corrected chi connectivity index (χ2v) is 3.50. The first-order valence-electron chi connectivity index (χ1n) is 4.92. The fraction of sp³-hybridized carbons (Fsp3) is 0.300. The summed E-state index contributed by atoms with van der Waals surface area (Å²) in [6.07, 6.45) is 2.80. The molecule has 0 fully saturated rings. The van der Waals surface area contributed by atoms with E-state index in [0.29, 0.717) is 11.3 Å². The summed E-state index contributed by atoms with van der Waals surface area (Å²) in [6.45, 7) is 2.01. The molecule has 0 aliphatic heterocycles. The summed E-state index contributed by atoms with van der Waals surface area (Å²) in [5.41, 5.74) is 0.719. The third kappa shape index (κ3) is 1.91. The number of fused-ring (bicyclic) bond motifs is 1. The van der Waals surface area contributed by atoms with Crippen molar-refractivity contribution < 1.29 is 14.3 Å². The van der Waals surface area contributed by atoms with Crippen molar-refractivity contribution in [2.45, 2.75) is 6.92 Å². The summed E-state index contributed by atoms with van der Waals surface area (Å²) < 4.78 is 11.5. The van der Waals surface area contributed by atoms with Gasteiger partial charge in [-0.25, -0.2) is 14.3 Å². The van der Waals surface area contributed by atoms with Gasteiger partial charge >= 0.3 is 5.97 Å². The lowest BCUT2D eigenvalue weighted by Gasteiger charge is -2.02. The van der Waals surface area contributed by atoms with E-state index in [1.54, 1.807) is 6.92 Å². The molecule has 0 amide bonds. The molecule has 0 aliphatic carbocycles. The Labute approximate surface area is 102 Å². The standard InChI is InChI=1S/C10H10ClN3O3/c1-3-17-10(15)6-4-14-7(8(6)16-2)9(11)12-5-13-14/h4-5H,3H2,1-2H3. The van der Waals surface area contributed by atoms with Crippen LogP contribution in [-0.4, -0.2) is 34.3 Å². The molecule has 7 heteroatoms. The molecule has 2 rings (SSSR count). The Kier molecular flexibility index (Phi) is 3.14. The molecule has 2 aromatic heterocycles. The van der Waals surface area contributed by atoms with Crippen LogP contribution in [0.1, 0.15) is 17.3 Å². The van der Waals surface area contributed by atoms with Gasteiger partial charge in [0.2, 0.25) is 0 Å². The Hall–Kier alpha value is -1.82. The number of nitrogens with zero attached hydrogens (tertiary/aromatic N) is 3. The Morgan fingerprint density at radius 2 is 2.35 bits per heavy atom. The normalized spacial score (nSPS) is 10.5. The van der Waals surface area contributed by atoms with Gasteiger partial charge < -0.3 is 9.47 Å². The molecule has 0 radical (unpaired) electrons. The summed E-state index contributed by atoms with van der Waals surface area (Å²) in [4.78, 5) is 15.5. The number of aromatic nitrogens is 3. The van der Waals surface area contributed by atoms with Crippen LogP contribution in [0.2, 0.25) is 5.15 Å². The minimum Gasteiger partial charge on any atom is -0.493 e. The fourth-order valence-electron chi connectivity index (χ4n) is 1.51. The lowest BCUT2D eigenvalue weighted by atomic mass is 10.3. The highest BCUT2D eigenvalue weighted by Crippen LogP contribution is 2.30. The van der Waals surface area contributed by atoms with Crippen molar-refractivity contribution in [1.82, 2.24) is 14.6 Å². The second-order valence-electron chi connectivity index (χ2n) is 3.14. The Morgan fingerprint density at radius 1 is 1.59 bits per heavy atom. The molecule has 0 N–H and O–H groups in total. The van der Waals surface area contributed by atoms with Crippen molar-refractivity contribution in [1.29, 1.82) is 0 Å². The largest absolute Gasteiger partial charge is 0.493 e. The summed E-state index contributed by atoms with van der Waals surface area (Å²) in [5.74, 6) is -0.167. The lowest BCUT2D eigenvalue weighted by Crippen LogP contribution is -2.04. The molecule has 0 bridgehead atoms. The number of hydrogen-bond acceptors (Lipinski definition) is 5. The van der Waals surface area contributed by atoms with Crippen LogP contribution < -0.4 is 4.74 Å². The molecule has 6 nitrogen and oxygen atoms in total. The minimum atomic E-state index is -0.481. The van der Waals surface area contributed by atoms with Crippen molar-refractivity contribution in [2.24, 2.45) is 0 Å². The third-order valence-electron chi connectivity index (χ3n) is 2.18. The third-order valence-corrected chi connectivity index (χ3v) is 2.46. The van der Waals surface area contributed by atoms with Gasteiger partial charge in [0, 0.05) is 6.20 Å². The van der Waals surface area contributed by atoms with E-state index in [-0.39, 0.29) is 17.3 Å². The summed E-state index contributed by atoms with van der Waals surface area (Å²) in [5, 5.41) is 4.16. The predicted molar refractivity (Wildman–Crippen MR) is 60.5 cm³/mol. The van der Waals surface area contributed by atoms with Gasteiger partial charge in [-0.3, -0.25) is 0 Å². The molecule has 0 atom stereocenters. The Morgan fingerprint density at radius 3 is 3.00 bits per heavy atom. The lowest BCUT2D eigenvalue weighted by molar-refractivity contribution is 0.0523. The van der Waals surface area contributed by atoms with Crippen molar-refractivity contribution in [3.8, 4) is 5.75 Å². The second kappa shape index (κ2) is 4.58. The van der Waals surface area contributed by atoms with Crippen LogP contribution in [-0.2, 0) is 4.74 Å². The highest BCUT2D eigenvalue weighted by Gasteiger charge is 2.21. The number of ether oxygens (including phenoxy) is 2. The summed E-state index contributed by atoms with van der Waals surface area (Å²) in [6, 6.07) is 0. The van der Waals surface area contributed by atoms with Gasteiger partial charge in [0.05, 0.1) is 13.7 Å². The molecule has 0 aromatic carbocycles. The van der Waals surface area contributed by atoms with Crippen LogP contribution in [0.3, 0.4) is 0 Å². The monoisotopic (exact) mass is 255 g/mol. The molecule has 90 valence electrons. The number of methoxy groups -OCH3 is 1. The topological polar surface area (TPSA) is 65.7 Å². The van der Waals surface area contributed by atoms with Gasteiger partial charge in [0.1, 0.15) is 17.4 Å². The average molecular weight is 256 g/mol. The minimum absolute atomic E-state index is 0.215. The first kappa shape index (κ1) is 11.7. The van der Waals surface area contributed by atoms with E-state index in [0.717, 1.165) is 0 Å². The summed E-state index contributed by atoms with van der Waals surface area (Å²) in [7, 11) is 1.45. The van der Waals surface area contributed by atoms with E-state index in [1.165, 1.54) is 24.1 Å². The number of rotatable bonds is 3. The zero-order chi connectivity index (χ0) is 12.4. The van der Waals surface area contributed by atoms with Crippen molar-refractivity contribution in [3.05, 3.63) is 23.2 Å². The van der Waals surface area contributed by atoms with Crippen LogP contribution in [0.5, 0.6) is 5.75 Å². The maximum atomic E-state index is 11.7. The molecule has 2 heterocycles. The van der Waals surface area contributed by atoms with Crippen LogP contribution in [0.4, 0.5) is 0 Å². The molecule has 0 spiro atoms. The highest BCUT2D eigenvalue weighted by atomic mass is 35.5. The van der Waals surface area contributed by atoms with Crippen LogP contribution >= 0.6 is 11.6 Å². The molecular formula is C10H10ClN3O3. The van der Waals surface area contributed by atoms with Crippen molar-refractivity contribution >= 4 is 23.1 Å². The first-order chi connectivity index (χ1) is 8.19. The Balaban J connectivity index is 2.64.